The Labute approximate surface area is 251 Å². The molecule has 10 heteroatoms. The van der Waals surface area contributed by atoms with Crippen LogP contribution in [0, 0.1) is 6.92 Å². The van der Waals surface area contributed by atoms with Crippen molar-refractivity contribution in [3.8, 4) is 0 Å². The molecule has 0 radical (unpaired) electrons. The summed E-state index contributed by atoms with van der Waals surface area (Å²) in [6.45, 7) is 3.53. The zero-order chi connectivity index (χ0) is 31.0. The molecular weight excluding hydrogens is 575 g/mol. The number of hydrogen-bond donors (Lipinski definition) is 3. The Morgan fingerprint density at radius 3 is 2.07 bits per heavy atom. The van der Waals surface area contributed by atoms with E-state index in [2.05, 4.69) is 16.0 Å². The highest BCUT2D eigenvalue weighted by Crippen LogP contribution is 2.35. The van der Waals surface area contributed by atoms with Crippen LogP contribution in [-0.2, 0) is 15.8 Å². The zero-order valence-electron chi connectivity index (χ0n) is 23.2. The summed E-state index contributed by atoms with van der Waals surface area (Å²) in [5, 5.41) is 7.11. The zero-order valence-corrected chi connectivity index (χ0v) is 24.1. The van der Waals surface area contributed by atoms with E-state index in [-0.39, 0.29) is 11.4 Å². The second-order valence-corrected chi connectivity index (χ2v) is 11.0. The number of halogens is 3. The van der Waals surface area contributed by atoms with Gasteiger partial charge >= 0.3 is 6.18 Å². The standard InChI is InChI=1S/C33H28F3N3O3S/c1-21-12-14-23(15-13-21)20-29(39-31(41)24-8-4-3-5-9-24)32(42)37-25-16-18-26(19-17-25)43-22(2)30(40)38-28-11-7-6-10-27(28)33(34,35)36/h3-20,22H,1-2H3,(H,37,42)(H,38,40)(H,39,41)/b29-20-. The Hall–Kier alpha value is -4.83. The average molecular weight is 604 g/mol. The van der Waals surface area contributed by atoms with Crippen molar-refractivity contribution in [2.24, 2.45) is 0 Å². The third-order valence-corrected chi connectivity index (χ3v) is 7.31. The van der Waals surface area contributed by atoms with Crippen LogP contribution in [0.15, 0.2) is 114 Å². The first-order chi connectivity index (χ1) is 20.5. The average Bonchev–Trinajstić information content (AvgIpc) is 2.99. The van der Waals surface area contributed by atoms with Crippen molar-refractivity contribution in [3.63, 3.8) is 0 Å². The van der Waals surface area contributed by atoms with Gasteiger partial charge in [0.1, 0.15) is 5.70 Å². The van der Waals surface area contributed by atoms with E-state index in [1.165, 1.54) is 18.2 Å². The molecule has 1 unspecified atom stereocenters. The van der Waals surface area contributed by atoms with Crippen molar-refractivity contribution in [1.29, 1.82) is 0 Å². The second-order valence-electron chi connectivity index (χ2n) is 9.56. The number of aryl methyl sites for hydroxylation is 1. The van der Waals surface area contributed by atoms with Crippen LogP contribution in [0.4, 0.5) is 24.5 Å². The van der Waals surface area contributed by atoms with E-state index in [1.807, 2.05) is 31.2 Å². The molecule has 0 fully saturated rings. The smallest absolute Gasteiger partial charge is 0.325 e. The first kappa shape index (κ1) is 31.1. The van der Waals surface area contributed by atoms with Gasteiger partial charge in [0.15, 0.2) is 0 Å². The molecule has 3 amide bonds. The Kier molecular flexibility index (Phi) is 10.0. The van der Waals surface area contributed by atoms with Gasteiger partial charge in [0.25, 0.3) is 11.8 Å². The minimum Gasteiger partial charge on any atom is -0.325 e. The number of para-hydroxylation sites is 1. The van der Waals surface area contributed by atoms with E-state index in [9.17, 15) is 27.6 Å². The maximum absolute atomic E-state index is 13.3. The molecule has 3 N–H and O–H groups in total. The van der Waals surface area contributed by atoms with Crippen LogP contribution >= 0.6 is 11.8 Å². The predicted molar refractivity (Wildman–Crippen MR) is 164 cm³/mol. The number of thioether (sulfide) groups is 1. The van der Waals surface area contributed by atoms with Gasteiger partial charge in [0.2, 0.25) is 5.91 Å². The minimum atomic E-state index is -4.60. The molecule has 0 bridgehead atoms. The molecule has 6 nitrogen and oxygen atoms in total. The number of carbonyl (C=O) groups excluding carboxylic acids is 3. The van der Waals surface area contributed by atoms with Crippen molar-refractivity contribution in [2.45, 2.75) is 30.2 Å². The molecule has 43 heavy (non-hydrogen) atoms. The molecular formula is C33H28F3N3O3S. The molecule has 4 aromatic carbocycles. The van der Waals surface area contributed by atoms with Crippen molar-refractivity contribution in [2.75, 3.05) is 10.6 Å². The summed E-state index contributed by atoms with van der Waals surface area (Å²) < 4.78 is 39.8. The maximum Gasteiger partial charge on any atom is 0.418 e. The summed E-state index contributed by atoms with van der Waals surface area (Å²) in [6.07, 6.45) is -3.02. The van der Waals surface area contributed by atoms with Crippen LogP contribution in [0.1, 0.15) is 34.0 Å². The molecule has 0 saturated carbocycles. The molecule has 0 aliphatic carbocycles. The topological polar surface area (TPSA) is 87.3 Å². The lowest BCUT2D eigenvalue weighted by Gasteiger charge is -2.16. The van der Waals surface area contributed by atoms with E-state index >= 15 is 0 Å². The Morgan fingerprint density at radius 1 is 0.791 bits per heavy atom. The lowest BCUT2D eigenvalue weighted by Crippen LogP contribution is -2.30. The molecule has 0 aromatic heterocycles. The highest BCUT2D eigenvalue weighted by Gasteiger charge is 2.34. The van der Waals surface area contributed by atoms with Crippen LogP contribution in [0.25, 0.3) is 6.08 Å². The van der Waals surface area contributed by atoms with Gasteiger partial charge < -0.3 is 16.0 Å². The van der Waals surface area contributed by atoms with Crippen molar-refractivity contribution >= 4 is 46.9 Å². The highest BCUT2D eigenvalue weighted by molar-refractivity contribution is 8.00. The van der Waals surface area contributed by atoms with Gasteiger partial charge in [-0.25, -0.2) is 0 Å². The van der Waals surface area contributed by atoms with E-state index in [1.54, 1.807) is 67.6 Å². The third-order valence-electron chi connectivity index (χ3n) is 6.20. The SMILES string of the molecule is Cc1ccc(/C=C(\NC(=O)c2ccccc2)C(=O)Nc2ccc(SC(C)C(=O)Nc3ccccc3C(F)(F)F)cc2)cc1. The minimum absolute atomic E-state index is 0.0422. The number of rotatable bonds is 9. The summed E-state index contributed by atoms with van der Waals surface area (Å²) in [5.41, 5.74) is 1.42. The summed E-state index contributed by atoms with van der Waals surface area (Å²) in [4.78, 5) is 39.4. The second kappa shape index (κ2) is 13.9. The van der Waals surface area contributed by atoms with Crippen molar-refractivity contribution in [3.05, 3.63) is 131 Å². The summed E-state index contributed by atoms with van der Waals surface area (Å²) >= 11 is 1.15. The normalized spacial score (nSPS) is 12.3. The first-order valence-corrected chi connectivity index (χ1v) is 14.1. The lowest BCUT2D eigenvalue weighted by molar-refractivity contribution is -0.137. The van der Waals surface area contributed by atoms with Crippen molar-refractivity contribution < 1.29 is 27.6 Å². The van der Waals surface area contributed by atoms with E-state index in [0.29, 0.717) is 16.1 Å². The number of nitrogens with one attached hydrogen (secondary N) is 3. The fourth-order valence-corrected chi connectivity index (χ4v) is 4.79. The molecule has 4 rings (SSSR count). The van der Waals surface area contributed by atoms with Crippen molar-refractivity contribution in [1.82, 2.24) is 5.32 Å². The Morgan fingerprint density at radius 2 is 1.42 bits per heavy atom. The molecule has 0 aliphatic rings. The van der Waals surface area contributed by atoms with E-state index in [4.69, 9.17) is 0 Å². The molecule has 220 valence electrons. The van der Waals surface area contributed by atoms with Gasteiger partial charge in [-0.05, 0) is 74.0 Å². The number of benzene rings is 4. The molecule has 0 heterocycles. The Bertz CT molecular complexity index is 1620. The van der Waals surface area contributed by atoms with Crippen LogP contribution in [0.5, 0.6) is 0 Å². The Balaban J connectivity index is 1.43. The molecule has 4 aromatic rings. The molecule has 0 saturated heterocycles. The fourth-order valence-electron chi connectivity index (χ4n) is 3.92. The number of amides is 3. The van der Waals surface area contributed by atoms with Crippen LogP contribution in [0.3, 0.4) is 0 Å². The van der Waals surface area contributed by atoms with E-state index < -0.39 is 34.7 Å². The van der Waals surface area contributed by atoms with Gasteiger partial charge in [-0.2, -0.15) is 13.2 Å². The molecule has 0 spiro atoms. The predicted octanol–water partition coefficient (Wildman–Crippen LogP) is 7.54. The maximum atomic E-state index is 13.3. The highest BCUT2D eigenvalue weighted by atomic mass is 32.2. The quantitative estimate of drug-likeness (QED) is 0.136. The third kappa shape index (κ3) is 8.83. The first-order valence-electron chi connectivity index (χ1n) is 13.2. The lowest BCUT2D eigenvalue weighted by atomic mass is 10.1. The van der Waals surface area contributed by atoms with E-state index in [0.717, 1.165) is 29.0 Å². The van der Waals surface area contributed by atoms with Gasteiger partial charge in [-0.3, -0.25) is 14.4 Å². The summed E-state index contributed by atoms with van der Waals surface area (Å²) in [6, 6.07) is 27.4. The summed E-state index contributed by atoms with van der Waals surface area (Å²) in [7, 11) is 0. The molecule has 1 atom stereocenters. The van der Waals surface area contributed by atoms with Crippen LogP contribution < -0.4 is 16.0 Å². The van der Waals surface area contributed by atoms with Gasteiger partial charge in [0.05, 0.1) is 16.5 Å². The number of carbonyl (C=O) groups is 3. The molecule has 0 aliphatic heterocycles. The summed E-state index contributed by atoms with van der Waals surface area (Å²) in [5.74, 6) is -1.56. The monoisotopic (exact) mass is 603 g/mol. The number of alkyl halides is 3. The van der Waals surface area contributed by atoms with Crippen LogP contribution in [0.2, 0.25) is 0 Å². The van der Waals surface area contributed by atoms with Gasteiger partial charge in [-0.15, -0.1) is 11.8 Å². The fraction of sp³-hybridized carbons (Fsp3) is 0.121. The number of hydrogen-bond acceptors (Lipinski definition) is 4. The van der Waals surface area contributed by atoms with Crippen LogP contribution in [-0.4, -0.2) is 23.0 Å². The largest absolute Gasteiger partial charge is 0.418 e. The van der Waals surface area contributed by atoms with Gasteiger partial charge in [-0.1, -0.05) is 60.2 Å². The number of anilines is 2. The van der Waals surface area contributed by atoms with Gasteiger partial charge in [0, 0.05) is 16.1 Å².